The topological polar surface area (TPSA) is 50.6 Å². The van der Waals surface area contributed by atoms with E-state index in [0.717, 1.165) is 25.2 Å². The largest absolute Gasteiger partial charge is 0.378 e. The Kier molecular flexibility index (Phi) is 5.27. The maximum absolute atomic E-state index is 13.3. The molecular weight excluding hydrogens is 340 g/mol. The highest BCUT2D eigenvalue weighted by Gasteiger charge is 2.41. The molecule has 0 unspecified atom stereocenters. The van der Waals surface area contributed by atoms with Crippen LogP contribution in [-0.4, -0.2) is 64.9 Å². The summed E-state index contributed by atoms with van der Waals surface area (Å²) in [5.74, 6) is 0.439. The van der Waals surface area contributed by atoms with Crippen molar-refractivity contribution in [2.75, 3.05) is 39.4 Å². The Hall–Kier alpha value is -2.18. The summed E-state index contributed by atoms with van der Waals surface area (Å²) in [6, 6.07) is 8.51. The molecule has 1 amide bonds. The molecule has 0 radical (unpaired) electrons. The third-order valence-corrected chi connectivity index (χ3v) is 5.84. The molecular formula is C21H28N4O2. The van der Waals surface area contributed by atoms with Crippen molar-refractivity contribution in [2.24, 2.45) is 13.0 Å². The minimum absolute atomic E-state index is 0.0173. The molecule has 1 aromatic heterocycles. The van der Waals surface area contributed by atoms with Crippen LogP contribution in [0.25, 0.3) is 0 Å². The molecule has 1 aromatic carbocycles. The van der Waals surface area contributed by atoms with Gasteiger partial charge in [0.05, 0.1) is 25.3 Å². The van der Waals surface area contributed by atoms with Crippen molar-refractivity contribution in [2.45, 2.75) is 19.4 Å². The highest BCUT2D eigenvalue weighted by atomic mass is 16.5. The van der Waals surface area contributed by atoms with E-state index < -0.39 is 0 Å². The zero-order valence-electron chi connectivity index (χ0n) is 16.2. The van der Waals surface area contributed by atoms with Gasteiger partial charge in [-0.1, -0.05) is 24.3 Å². The maximum atomic E-state index is 13.3. The van der Waals surface area contributed by atoms with E-state index in [4.69, 9.17) is 4.74 Å². The van der Waals surface area contributed by atoms with Gasteiger partial charge in [0, 0.05) is 51.9 Å². The maximum Gasteiger partial charge on any atom is 0.227 e. The Morgan fingerprint density at radius 1 is 1.22 bits per heavy atom. The molecule has 6 nitrogen and oxygen atoms in total. The number of carbonyl (C=O) groups is 1. The van der Waals surface area contributed by atoms with Crippen molar-refractivity contribution in [1.82, 2.24) is 19.6 Å². The summed E-state index contributed by atoms with van der Waals surface area (Å²) < 4.78 is 7.25. The van der Waals surface area contributed by atoms with Crippen LogP contribution in [0.15, 0.2) is 36.7 Å². The SMILES string of the molecule is Cc1ccccc1CN1C[C@H](C(=O)N2CCOCC2)[C@@H](c2cnn(C)c2)C1. The Morgan fingerprint density at radius 3 is 2.70 bits per heavy atom. The molecule has 6 heteroatoms. The van der Waals surface area contributed by atoms with Gasteiger partial charge in [0.2, 0.25) is 5.91 Å². The minimum Gasteiger partial charge on any atom is -0.378 e. The molecule has 2 atom stereocenters. The molecule has 3 heterocycles. The number of aryl methyl sites for hydroxylation is 2. The zero-order chi connectivity index (χ0) is 18.8. The average molecular weight is 368 g/mol. The van der Waals surface area contributed by atoms with Crippen molar-refractivity contribution in [3.05, 3.63) is 53.3 Å². The molecule has 0 saturated carbocycles. The Morgan fingerprint density at radius 2 is 2.00 bits per heavy atom. The van der Waals surface area contributed by atoms with Crippen LogP contribution >= 0.6 is 0 Å². The summed E-state index contributed by atoms with van der Waals surface area (Å²) in [5, 5.41) is 4.34. The lowest BCUT2D eigenvalue weighted by molar-refractivity contribution is -0.139. The van der Waals surface area contributed by atoms with Crippen molar-refractivity contribution in [3.8, 4) is 0 Å². The van der Waals surface area contributed by atoms with Crippen LogP contribution in [0.4, 0.5) is 0 Å². The number of benzene rings is 1. The predicted octanol–water partition coefficient (Wildman–Crippen LogP) is 1.80. The zero-order valence-corrected chi connectivity index (χ0v) is 16.2. The van der Waals surface area contributed by atoms with E-state index >= 15 is 0 Å². The second-order valence-electron chi connectivity index (χ2n) is 7.72. The molecule has 0 aliphatic carbocycles. The molecule has 2 saturated heterocycles. The summed E-state index contributed by atoms with van der Waals surface area (Å²) in [4.78, 5) is 17.7. The first-order valence-corrected chi connectivity index (χ1v) is 9.74. The van der Waals surface area contributed by atoms with Crippen molar-refractivity contribution in [1.29, 1.82) is 0 Å². The van der Waals surface area contributed by atoms with Gasteiger partial charge in [-0.25, -0.2) is 0 Å². The van der Waals surface area contributed by atoms with E-state index in [1.54, 1.807) is 0 Å². The third-order valence-electron chi connectivity index (χ3n) is 5.84. The number of nitrogens with zero attached hydrogens (tertiary/aromatic N) is 4. The number of likely N-dealkylation sites (tertiary alicyclic amines) is 1. The first-order valence-electron chi connectivity index (χ1n) is 9.74. The molecule has 27 heavy (non-hydrogen) atoms. The number of hydrogen-bond acceptors (Lipinski definition) is 4. The Labute approximate surface area is 160 Å². The molecule has 0 N–H and O–H groups in total. The van der Waals surface area contributed by atoms with Gasteiger partial charge in [0.1, 0.15) is 0 Å². The Bertz CT molecular complexity index is 797. The third kappa shape index (κ3) is 3.92. The summed E-state index contributed by atoms with van der Waals surface area (Å²) >= 11 is 0. The summed E-state index contributed by atoms with van der Waals surface area (Å²) in [6.07, 6.45) is 3.98. The molecule has 0 spiro atoms. The predicted molar refractivity (Wildman–Crippen MR) is 103 cm³/mol. The van der Waals surface area contributed by atoms with Gasteiger partial charge in [-0.15, -0.1) is 0 Å². The smallest absolute Gasteiger partial charge is 0.227 e. The van der Waals surface area contributed by atoms with Crippen molar-refractivity contribution in [3.63, 3.8) is 0 Å². The average Bonchev–Trinajstić information content (AvgIpc) is 3.30. The van der Waals surface area contributed by atoms with E-state index in [1.165, 1.54) is 11.1 Å². The van der Waals surface area contributed by atoms with Gasteiger partial charge in [-0.2, -0.15) is 5.10 Å². The number of rotatable bonds is 4. The lowest BCUT2D eigenvalue weighted by Crippen LogP contribution is -2.45. The lowest BCUT2D eigenvalue weighted by atomic mass is 9.89. The van der Waals surface area contributed by atoms with Crippen LogP contribution in [0.1, 0.15) is 22.6 Å². The van der Waals surface area contributed by atoms with Gasteiger partial charge >= 0.3 is 0 Å². The van der Waals surface area contributed by atoms with Crippen LogP contribution < -0.4 is 0 Å². The normalized spacial score (nSPS) is 23.7. The van der Waals surface area contributed by atoms with E-state index in [9.17, 15) is 4.79 Å². The summed E-state index contributed by atoms with van der Waals surface area (Å²) in [7, 11) is 1.93. The number of aromatic nitrogens is 2. The molecule has 144 valence electrons. The van der Waals surface area contributed by atoms with Crippen LogP contribution in [0.5, 0.6) is 0 Å². The number of hydrogen-bond donors (Lipinski definition) is 0. The lowest BCUT2D eigenvalue weighted by Gasteiger charge is -2.30. The van der Waals surface area contributed by atoms with Gasteiger partial charge in [0.25, 0.3) is 0 Å². The van der Waals surface area contributed by atoms with Crippen LogP contribution in [0.2, 0.25) is 0 Å². The number of amides is 1. The van der Waals surface area contributed by atoms with Gasteiger partial charge in [-0.05, 0) is 23.6 Å². The second kappa shape index (κ2) is 7.82. The molecule has 0 bridgehead atoms. The fourth-order valence-corrected chi connectivity index (χ4v) is 4.28. The van der Waals surface area contributed by atoms with Crippen molar-refractivity contribution < 1.29 is 9.53 Å². The second-order valence-corrected chi connectivity index (χ2v) is 7.72. The van der Waals surface area contributed by atoms with E-state index in [2.05, 4.69) is 47.4 Å². The van der Waals surface area contributed by atoms with E-state index in [0.29, 0.717) is 26.3 Å². The molecule has 2 fully saturated rings. The quantitative estimate of drug-likeness (QED) is 0.826. The molecule has 2 aliphatic rings. The highest BCUT2D eigenvalue weighted by Crippen LogP contribution is 2.35. The van der Waals surface area contributed by atoms with Gasteiger partial charge in [-0.3, -0.25) is 14.4 Å². The summed E-state index contributed by atoms with van der Waals surface area (Å²) in [5.41, 5.74) is 3.80. The van der Waals surface area contributed by atoms with Crippen molar-refractivity contribution >= 4 is 5.91 Å². The summed E-state index contributed by atoms with van der Waals surface area (Å²) in [6.45, 7) is 7.41. The Balaban J connectivity index is 1.55. The standard InChI is InChI=1S/C21H28N4O2/c1-16-5-3-4-6-17(16)13-24-14-19(18-11-22-23(2)12-18)20(15-24)21(26)25-7-9-27-10-8-25/h3-6,11-12,19-20H,7-10,13-15H2,1-2H3/t19-,20+/m1/s1. The van der Waals surface area contributed by atoms with Crippen LogP contribution in [-0.2, 0) is 23.1 Å². The van der Waals surface area contributed by atoms with Gasteiger partial charge < -0.3 is 9.64 Å². The first kappa shape index (κ1) is 18.2. The van der Waals surface area contributed by atoms with Crippen LogP contribution in [0.3, 0.4) is 0 Å². The van der Waals surface area contributed by atoms with Gasteiger partial charge in [0.15, 0.2) is 0 Å². The molecule has 2 aliphatic heterocycles. The number of morpholine rings is 1. The highest BCUT2D eigenvalue weighted by molar-refractivity contribution is 5.80. The fraction of sp³-hybridized carbons (Fsp3) is 0.524. The van der Waals surface area contributed by atoms with E-state index in [1.807, 2.05) is 22.8 Å². The molecule has 4 rings (SSSR count). The number of ether oxygens (including phenoxy) is 1. The monoisotopic (exact) mass is 368 g/mol. The van der Waals surface area contributed by atoms with Crippen LogP contribution in [0, 0.1) is 12.8 Å². The number of carbonyl (C=O) groups excluding carboxylic acids is 1. The molecule has 2 aromatic rings. The fourth-order valence-electron chi connectivity index (χ4n) is 4.28. The van der Waals surface area contributed by atoms with E-state index in [-0.39, 0.29) is 17.7 Å². The first-order chi connectivity index (χ1) is 13.1. The minimum atomic E-state index is -0.0173.